The van der Waals surface area contributed by atoms with Crippen LogP contribution in [0.15, 0.2) is 48.7 Å². The number of allylic oxidation sites excluding steroid dienone is 5. The highest BCUT2D eigenvalue weighted by Crippen LogP contribution is 2.32. The van der Waals surface area contributed by atoms with Gasteiger partial charge in [0.15, 0.2) is 0 Å². The van der Waals surface area contributed by atoms with E-state index in [1.165, 1.54) is 0 Å². The molecule has 2 amide bonds. The second-order valence-electron chi connectivity index (χ2n) is 6.55. The Balaban J connectivity index is 2.76. The first-order valence-electron chi connectivity index (χ1n) is 9.05. The lowest BCUT2D eigenvalue weighted by Crippen LogP contribution is -2.40. The van der Waals surface area contributed by atoms with Crippen molar-refractivity contribution in [3.8, 4) is 0 Å². The van der Waals surface area contributed by atoms with Gasteiger partial charge in [0.2, 0.25) is 11.8 Å². The third-order valence-corrected chi connectivity index (χ3v) is 4.78. The molecule has 138 valence electrons. The van der Waals surface area contributed by atoms with Gasteiger partial charge in [-0.1, -0.05) is 43.4 Å². The first kappa shape index (κ1) is 20.9. The van der Waals surface area contributed by atoms with Crippen LogP contribution >= 0.6 is 0 Å². The molecule has 25 heavy (non-hydrogen) atoms. The standard InChI is InChI=1S/C21H32N2O2/c1-6-9-14-19(8-3)23(5)21(25)18-13-11-12-17(16-18)20(24)22(4)15-10-7-2/h6-10,14,17-18H,1,11-13,15-16H2,2-5H3/b10-7-,14-9-,19-8+. The van der Waals surface area contributed by atoms with E-state index >= 15 is 0 Å². The summed E-state index contributed by atoms with van der Waals surface area (Å²) in [6.45, 7) is 8.15. The number of nitrogens with zero attached hydrogens (tertiary/aromatic N) is 2. The zero-order chi connectivity index (χ0) is 18.8. The molecule has 0 radical (unpaired) electrons. The third-order valence-electron chi connectivity index (χ3n) is 4.78. The van der Waals surface area contributed by atoms with E-state index in [0.717, 1.165) is 25.0 Å². The van der Waals surface area contributed by atoms with Crippen LogP contribution in [0.1, 0.15) is 39.5 Å². The van der Waals surface area contributed by atoms with E-state index in [9.17, 15) is 9.59 Å². The SMILES string of the molecule is C=C/C=C\C(=C/C)N(C)C(=O)C1CCCC(C(=O)N(C)C/C=C\C)C1. The Labute approximate surface area is 152 Å². The molecule has 0 heterocycles. The van der Waals surface area contributed by atoms with Gasteiger partial charge < -0.3 is 9.80 Å². The van der Waals surface area contributed by atoms with E-state index in [1.54, 1.807) is 22.9 Å². The van der Waals surface area contributed by atoms with Gasteiger partial charge in [0.05, 0.1) is 0 Å². The minimum absolute atomic E-state index is 0.0517. The highest BCUT2D eigenvalue weighted by Gasteiger charge is 2.33. The molecule has 1 saturated carbocycles. The van der Waals surface area contributed by atoms with Crippen molar-refractivity contribution in [1.29, 1.82) is 0 Å². The summed E-state index contributed by atoms with van der Waals surface area (Å²) in [5.74, 6) is 0.102. The Morgan fingerprint density at radius 1 is 1.12 bits per heavy atom. The van der Waals surface area contributed by atoms with Gasteiger partial charge in [0, 0.05) is 38.2 Å². The summed E-state index contributed by atoms with van der Waals surface area (Å²) in [4.78, 5) is 28.9. The maximum atomic E-state index is 12.9. The molecule has 0 spiro atoms. The van der Waals surface area contributed by atoms with Crippen molar-refractivity contribution in [2.45, 2.75) is 39.5 Å². The normalized spacial score (nSPS) is 21.5. The molecule has 0 aromatic heterocycles. The number of hydrogen-bond donors (Lipinski definition) is 0. The molecule has 0 aromatic carbocycles. The molecule has 0 N–H and O–H groups in total. The first-order chi connectivity index (χ1) is 12.0. The molecule has 1 aliphatic rings. The molecular formula is C21H32N2O2. The van der Waals surface area contributed by atoms with E-state index < -0.39 is 0 Å². The smallest absolute Gasteiger partial charge is 0.229 e. The fourth-order valence-electron chi connectivity index (χ4n) is 3.27. The highest BCUT2D eigenvalue weighted by atomic mass is 16.2. The van der Waals surface area contributed by atoms with E-state index in [0.29, 0.717) is 13.0 Å². The Bertz CT molecular complexity index is 560. The lowest BCUT2D eigenvalue weighted by molar-refractivity contribution is -0.138. The minimum Gasteiger partial charge on any atom is -0.342 e. The number of hydrogen-bond acceptors (Lipinski definition) is 2. The summed E-state index contributed by atoms with van der Waals surface area (Å²) in [5.41, 5.74) is 0.851. The average molecular weight is 344 g/mol. The van der Waals surface area contributed by atoms with Crippen molar-refractivity contribution in [2.75, 3.05) is 20.6 Å². The molecule has 0 aliphatic heterocycles. The van der Waals surface area contributed by atoms with Crippen molar-refractivity contribution in [3.05, 3.63) is 48.7 Å². The minimum atomic E-state index is -0.0881. The summed E-state index contributed by atoms with van der Waals surface area (Å²) in [6.07, 6.45) is 14.5. The fourth-order valence-corrected chi connectivity index (χ4v) is 3.27. The van der Waals surface area contributed by atoms with Crippen LogP contribution in [0.5, 0.6) is 0 Å². The predicted octanol–water partition coefficient (Wildman–Crippen LogP) is 3.93. The number of rotatable bonds is 7. The van der Waals surface area contributed by atoms with Crippen LogP contribution < -0.4 is 0 Å². The molecule has 2 atom stereocenters. The van der Waals surface area contributed by atoms with Crippen LogP contribution in [0, 0.1) is 11.8 Å². The molecular weight excluding hydrogens is 312 g/mol. The van der Waals surface area contributed by atoms with Crippen LogP contribution in [-0.2, 0) is 9.59 Å². The van der Waals surface area contributed by atoms with Gasteiger partial charge >= 0.3 is 0 Å². The number of likely N-dealkylation sites (N-methyl/N-ethyl adjacent to an activating group) is 2. The van der Waals surface area contributed by atoms with Gasteiger partial charge in [0.1, 0.15) is 0 Å². The highest BCUT2D eigenvalue weighted by molar-refractivity contribution is 5.83. The van der Waals surface area contributed by atoms with Crippen molar-refractivity contribution >= 4 is 11.8 Å². The van der Waals surface area contributed by atoms with Crippen LogP contribution in [0.2, 0.25) is 0 Å². The Hall–Kier alpha value is -2.10. The van der Waals surface area contributed by atoms with Gasteiger partial charge in [-0.05, 0) is 39.2 Å². The van der Waals surface area contributed by atoms with Crippen molar-refractivity contribution in [2.24, 2.45) is 11.8 Å². The van der Waals surface area contributed by atoms with Crippen molar-refractivity contribution in [3.63, 3.8) is 0 Å². The second kappa shape index (κ2) is 10.7. The molecule has 1 aliphatic carbocycles. The number of carbonyl (C=O) groups excluding carboxylic acids is 2. The molecule has 1 fully saturated rings. The molecule has 0 aromatic rings. The second-order valence-corrected chi connectivity index (χ2v) is 6.55. The lowest BCUT2D eigenvalue weighted by Gasteiger charge is -2.32. The van der Waals surface area contributed by atoms with Gasteiger partial charge in [-0.25, -0.2) is 0 Å². The summed E-state index contributed by atoms with van der Waals surface area (Å²) < 4.78 is 0. The summed E-state index contributed by atoms with van der Waals surface area (Å²) >= 11 is 0. The zero-order valence-corrected chi connectivity index (χ0v) is 16.1. The van der Waals surface area contributed by atoms with Crippen molar-refractivity contribution in [1.82, 2.24) is 9.80 Å². The van der Waals surface area contributed by atoms with Crippen LogP contribution in [0.3, 0.4) is 0 Å². The Morgan fingerprint density at radius 2 is 1.76 bits per heavy atom. The summed E-state index contributed by atoms with van der Waals surface area (Å²) in [5, 5.41) is 0. The van der Waals surface area contributed by atoms with Gasteiger partial charge in [0.25, 0.3) is 0 Å². The largest absolute Gasteiger partial charge is 0.342 e. The monoisotopic (exact) mass is 344 g/mol. The van der Waals surface area contributed by atoms with Gasteiger partial charge in [-0.2, -0.15) is 0 Å². The fraction of sp³-hybridized carbons (Fsp3) is 0.524. The average Bonchev–Trinajstić information content (AvgIpc) is 2.65. The van der Waals surface area contributed by atoms with E-state index in [4.69, 9.17) is 0 Å². The first-order valence-corrected chi connectivity index (χ1v) is 9.05. The summed E-state index contributed by atoms with van der Waals surface area (Å²) in [7, 11) is 3.63. The zero-order valence-electron chi connectivity index (χ0n) is 16.1. The maximum absolute atomic E-state index is 12.9. The summed E-state index contributed by atoms with van der Waals surface area (Å²) in [6, 6.07) is 0. The topological polar surface area (TPSA) is 40.6 Å². The molecule has 1 rings (SSSR count). The molecule has 2 unspecified atom stereocenters. The quantitative estimate of drug-likeness (QED) is 0.518. The van der Waals surface area contributed by atoms with Crippen molar-refractivity contribution < 1.29 is 9.59 Å². The molecule has 0 bridgehead atoms. The Morgan fingerprint density at radius 3 is 2.32 bits per heavy atom. The van der Waals surface area contributed by atoms with Gasteiger partial charge in [-0.15, -0.1) is 0 Å². The van der Waals surface area contributed by atoms with Crippen LogP contribution in [-0.4, -0.2) is 42.3 Å². The van der Waals surface area contributed by atoms with Crippen LogP contribution in [0.4, 0.5) is 0 Å². The third kappa shape index (κ3) is 6.04. The maximum Gasteiger partial charge on any atom is 0.229 e. The molecule has 0 saturated heterocycles. The van der Waals surface area contributed by atoms with E-state index in [1.807, 2.05) is 51.3 Å². The number of carbonyl (C=O) groups is 2. The molecule has 4 nitrogen and oxygen atoms in total. The Kier molecular flexibility index (Phi) is 8.96. The van der Waals surface area contributed by atoms with Gasteiger partial charge in [-0.3, -0.25) is 9.59 Å². The number of amides is 2. The molecule has 4 heteroatoms. The lowest BCUT2D eigenvalue weighted by atomic mass is 9.80. The van der Waals surface area contributed by atoms with Crippen LogP contribution in [0.25, 0.3) is 0 Å². The van der Waals surface area contributed by atoms with E-state index in [2.05, 4.69) is 6.58 Å². The van der Waals surface area contributed by atoms with E-state index in [-0.39, 0.29) is 23.7 Å². The predicted molar refractivity (Wildman–Crippen MR) is 104 cm³/mol.